The summed E-state index contributed by atoms with van der Waals surface area (Å²) in [6.07, 6.45) is 3.95. The minimum absolute atomic E-state index is 0.341. The Balaban J connectivity index is 1.74. The SMILES string of the molecule is CC1(C)CCC(NCC2CC2(C)C)c2ccccc21. The van der Waals surface area contributed by atoms with Gasteiger partial charge in [0.05, 0.1) is 0 Å². The molecule has 1 N–H and O–H groups in total. The van der Waals surface area contributed by atoms with Crippen LogP contribution < -0.4 is 5.32 Å². The van der Waals surface area contributed by atoms with Gasteiger partial charge >= 0.3 is 0 Å². The Morgan fingerprint density at radius 2 is 1.84 bits per heavy atom. The second-order valence-electron chi connectivity index (χ2n) is 7.86. The average molecular weight is 257 g/mol. The Hall–Kier alpha value is -0.820. The van der Waals surface area contributed by atoms with Crippen LogP contribution in [0.3, 0.4) is 0 Å². The Bertz CT molecular complexity index is 472. The summed E-state index contributed by atoms with van der Waals surface area (Å²) in [4.78, 5) is 0. The monoisotopic (exact) mass is 257 g/mol. The first kappa shape index (κ1) is 13.2. The molecular formula is C18H27N. The van der Waals surface area contributed by atoms with Crippen molar-refractivity contribution in [3.8, 4) is 0 Å². The summed E-state index contributed by atoms with van der Waals surface area (Å²) in [5.74, 6) is 0.884. The predicted molar refractivity (Wildman–Crippen MR) is 81.3 cm³/mol. The van der Waals surface area contributed by atoms with E-state index in [0.717, 1.165) is 5.92 Å². The average Bonchev–Trinajstić information content (AvgIpc) is 2.96. The van der Waals surface area contributed by atoms with Crippen LogP contribution in [0.5, 0.6) is 0 Å². The number of hydrogen-bond acceptors (Lipinski definition) is 1. The van der Waals surface area contributed by atoms with Crippen LogP contribution in [0.15, 0.2) is 24.3 Å². The van der Waals surface area contributed by atoms with E-state index < -0.39 is 0 Å². The van der Waals surface area contributed by atoms with Crippen molar-refractivity contribution in [3.63, 3.8) is 0 Å². The molecule has 0 aromatic heterocycles. The molecule has 1 aromatic carbocycles. The van der Waals surface area contributed by atoms with Gasteiger partial charge in [0.25, 0.3) is 0 Å². The fraction of sp³-hybridized carbons (Fsp3) is 0.667. The van der Waals surface area contributed by atoms with Crippen LogP contribution in [0.2, 0.25) is 0 Å². The van der Waals surface area contributed by atoms with Gasteiger partial charge in [0.1, 0.15) is 0 Å². The summed E-state index contributed by atoms with van der Waals surface area (Å²) < 4.78 is 0. The normalized spacial score (nSPS) is 30.7. The topological polar surface area (TPSA) is 12.0 Å². The van der Waals surface area contributed by atoms with E-state index in [4.69, 9.17) is 0 Å². The first-order valence-electron chi connectivity index (χ1n) is 7.73. The fourth-order valence-corrected chi connectivity index (χ4v) is 3.63. The number of hydrogen-bond donors (Lipinski definition) is 1. The molecule has 0 aliphatic heterocycles. The highest BCUT2D eigenvalue weighted by molar-refractivity contribution is 5.38. The Morgan fingerprint density at radius 3 is 2.53 bits per heavy atom. The third-order valence-corrected chi connectivity index (χ3v) is 5.45. The lowest BCUT2D eigenvalue weighted by molar-refractivity contribution is 0.350. The minimum atomic E-state index is 0.341. The van der Waals surface area contributed by atoms with Gasteiger partial charge in [-0.25, -0.2) is 0 Å². The van der Waals surface area contributed by atoms with Crippen molar-refractivity contribution >= 4 is 0 Å². The molecule has 19 heavy (non-hydrogen) atoms. The summed E-state index contributed by atoms with van der Waals surface area (Å²) in [5, 5.41) is 3.83. The van der Waals surface area contributed by atoms with Crippen LogP contribution in [-0.2, 0) is 5.41 Å². The largest absolute Gasteiger partial charge is 0.310 e. The van der Waals surface area contributed by atoms with E-state index in [1.165, 1.54) is 31.4 Å². The summed E-state index contributed by atoms with van der Waals surface area (Å²) in [6.45, 7) is 10.7. The van der Waals surface area contributed by atoms with Gasteiger partial charge in [-0.1, -0.05) is 52.0 Å². The molecule has 0 radical (unpaired) electrons. The minimum Gasteiger partial charge on any atom is -0.310 e. The molecule has 0 bridgehead atoms. The molecule has 104 valence electrons. The molecular weight excluding hydrogens is 230 g/mol. The van der Waals surface area contributed by atoms with Gasteiger partial charge < -0.3 is 5.32 Å². The first-order chi connectivity index (χ1) is 8.90. The highest BCUT2D eigenvalue weighted by Gasteiger charge is 2.45. The first-order valence-corrected chi connectivity index (χ1v) is 7.73. The van der Waals surface area contributed by atoms with Crippen molar-refractivity contribution in [2.24, 2.45) is 11.3 Å². The van der Waals surface area contributed by atoms with E-state index in [2.05, 4.69) is 57.3 Å². The number of fused-ring (bicyclic) bond motifs is 1. The third kappa shape index (κ3) is 2.45. The molecule has 1 heteroatoms. The van der Waals surface area contributed by atoms with Crippen LogP contribution in [0.25, 0.3) is 0 Å². The van der Waals surface area contributed by atoms with Crippen LogP contribution in [0.1, 0.15) is 64.1 Å². The molecule has 1 aromatic rings. The van der Waals surface area contributed by atoms with Crippen LogP contribution in [-0.4, -0.2) is 6.54 Å². The van der Waals surface area contributed by atoms with Gasteiger partial charge in [-0.05, 0) is 53.7 Å². The molecule has 0 heterocycles. The summed E-state index contributed by atoms with van der Waals surface area (Å²) in [5.41, 5.74) is 4.01. The van der Waals surface area contributed by atoms with Crippen molar-refractivity contribution in [3.05, 3.63) is 35.4 Å². The zero-order valence-corrected chi connectivity index (χ0v) is 12.8. The molecule has 2 atom stereocenters. The second-order valence-corrected chi connectivity index (χ2v) is 7.86. The highest BCUT2D eigenvalue weighted by atomic mass is 14.9. The summed E-state index contributed by atoms with van der Waals surface area (Å²) in [7, 11) is 0. The number of nitrogens with one attached hydrogen (secondary N) is 1. The zero-order valence-electron chi connectivity index (χ0n) is 12.8. The maximum absolute atomic E-state index is 3.83. The van der Waals surface area contributed by atoms with E-state index in [1.807, 2.05) is 0 Å². The maximum Gasteiger partial charge on any atom is 0.0323 e. The lowest BCUT2D eigenvalue weighted by Gasteiger charge is -2.37. The number of benzene rings is 1. The zero-order chi connectivity index (χ0) is 13.7. The molecule has 2 aliphatic rings. The lowest BCUT2D eigenvalue weighted by Crippen LogP contribution is -2.33. The fourth-order valence-electron chi connectivity index (χ4n) is 3.63. The second kappa shape index (κ2) is 4.34. The highest BCUT2D eigenvalue weighted by Crippen LogP contribution is 2.51. The molecule has 1 saturated carbocycles. The van der Waals surface area contributed by atoms with E-state index in [9.17, 15) is 0 Å². The Kier molecular flexibility index (Phi) is 3.01. The van der Waals surface area contributed by atoms with Crippen molar-refractivity contribution in [2.45, 2.75) is 58.4 Å². The van der Waals surface area contributed by atoms with Gasteiger partial charge in [0.15, 0.2) is 0 Å². The summed E-state index contributed by atoms with van der Waals surface area (Å²) >= 11 is 0. The lowest BCUT2D eigenvalue weighted by atomic mass is 9.71. The molecule has 0 amide bonds. The quantitative estimate of drug-likeness (QED) is 0.844. The van der Waals surface area contributed by atoms with Gasteiger partial charge in [-0.3, -0.25) is 0 Å². The molecule has 0 saturated heterocycles. The molecule has 2 aliphatic carbocycles. The molecule has 1 nitrogen and oxygen atoms in total. The number of rotatable bonds is 3. The maximum atomic E-state index is 3.83. The van der Waals surface area contributed by atoms with E-state index in [0.29, 0.717) is 16.9 Å². The molecule has 3 rings (SSSR count). The standard InChI is InChI=1S/C18H27N/c1-17(2)10-9-16(14-7-5-6-8-15(14)17)19-12-13-11-18(13,3)4/h5-8,13,16,19H,9-12H2,1-4H3. The molecule has 0 spiro atoms. The predicted octanol–water partition coefficient (Wildman–Crippen LogP) is 4.43. The smallest absolute Gasteiger partial charge is 0.0323 e. The van der Waals surface area contributed by atoms with Crippen LogP contribution in [0.4, 0.5) is 0 Å². The van der Waals surface area contributed by atoms with E-state index in [-0.39, 0.29) is 0 Å². The van der Waals surface area contributed by atoms with Gasteiger partial charge in [0.2, 0.25) is 0 Å². The van der Waals surface area contributed by atoms with E-state index >= 15 is 0 Å². The molecule has 1 fully saturated rings. The Morgan fingerprint density at radius 1 is 1.16 bits per heavy atom. The van der Waals surface area contributed by atoms with Gasteiger partial charge in [-0.15, -0.1) is 0 Å². The molecule has 2 unspecified atom stereocenters. The Labute approximate surface area is 117 Å². The van der Waals surface area contributed by atoms with Crippen molar-refractivity contribution in [1.82, 2.24) is 5.32 Å². The van der Waals surface area contributed by atoms with E-state index in [1.54, 1.807) is 5.56 Å². The van der Waals surface area contributed by atoms with Crippen molar-refractivity contribution < 1.29 is 0 Å². The van der Waals surface area contributed by atoms with Crippen molar-refractivity contribution in [1.29, 1.82) is 0 Å². The summed E-state index contributed by atoms with van der Waals surface area (Å²) in [6, 6.07) is 9.60. The van der Waals surface area contributed by atoms with Crippen molar-refractivity contribution in [2.75, 3.05) is 6.54 Å². The van der Waals surface area contributed by atoms with Crippen LogP contribution >= 0.6 is 0 Å². The van der Waals surface area contributed by atoms with Crippen LogP contribution in [0, 0.1) is 11.3 Å². The van der Waals surface area contributed by atoms with Gasteiger partial charge in [-0.2, -0.15) is 0 Å². The third-order valence-electron chi connectivity index (χ3n) is 5.45. The van der Waals surface area contributed by atoms with Gasteiger partial charge in [0, 0.05) is 6.04 Å².